The van der Waals surface area contributed by atoms with Gasteiger partial charge in [-0.25, -0.2) is 33.9 Å². The molecule has 0 spiro atoms. The predicted molar refractivity (Wildman–Crippen MR) is 155 cm³/mol. The van der Waals surface area contributed by atoms with Gasteiger partial charge in [-0.15, -0.1) is 0 Å². The molecule has 3 heterocycles. The fourth-order valence-electron chi connectivity index (χ4n) is 5.23. The van der Waals surface area contributed by atoms with Crippen LogP contribution in [0.25, 0.3) is 22.6 Å². The Morgan fingerprint density at radius 2 is 1.77 bits per heavy atom. The molecule has 2 aliphatic carbocycles. The minimum Gasteiger partial charge on any atom is -0.361 e. The molecule has 0 aliphatic heterocycles. The summed E-state index contributed by atoms with van der Waals surface area (Å²) in [5, 5.41) is 3.22. The number of aromatic nitrogens is 6. The average Bonchev–Trinajstić information content (AvgIpc) is 3.85. The Morgan fingerprint density at radius 3 is 2.42 bits per heavy atom. The maximum Gasteiger partial charge on any atom is 0.295 e. The number of anilines is 1. The fourth-order valence-corrected chi connectivity index (χ4v) is 6.14. The maximum atomic E-state index is 13.9. The SMILES string of the molecule is CCS(=N)(=O)c1ccc(CNc2nc3c(C)nc(-c4c(C)ncnc4C4CC4)nc3n([C@@H](C)C3CC3)c2=O)cc1. The molecule has 0 amide bonds. The Labute approximate surface area is 233 Å². The van der Waals surface area contributed by atoms with E-state index in [1.54, 1.807) is 30.0 Å². The Morgan fingerprint density at radius 1 is 1.05 bits per heavy atom. The van der Waals surface area contributed by atoms with Gasteiger partial charge in [0, 0.05) is 29.2 Å². The van der Waals surface area contributed by atoms with E-state index in [0.717, 1.165) is 48.2 Å². The van der Waals surface area contributed by atoms with Gasteiger partial charge < -0.3 is 5.32 Å². The normalized spacial score (nSPS) is 17.5. The zero-order valence-corrected chi connectivity index (χ0v) is 24.1. The van der Waals surface area contributed by atoms with Gasteiger partial charge >= 0.3 is 0 Å². The van der Waals surface area contributed by atoms with E-state index in [1.807, 2.05) is 26.0 Å². The van der Waals surface area contributed by atoms with Crippen LogP contribution in [0.2, 0.25) is 0 Å². The summed E-state index contributed by atoms with van der Waals surface area (Å²) in [5.74, 6) is 1.88. The third-order valence-corrected chi connectivity index (χ3v) is 9.90. The molecule has 10 nitrogen and oxygen atoms in total. The van der Waals surface area contributed by atoms with E-state index >= 15 is 0 Å². The summed E-state index contributed by atoms with van der Waals surface area (Å²) >= 11 is 0. The van der Waals surface area contributed by atoms with Gasteiger partial charge in [-0.2, -0.15) is 0 Å². The molecule has 3 aromatic heterocycles. The van der Waals surface area contributed by atoms with Gasteiger partial charge in [0.1, 0.15) is 11.8 Å². The third kappa shape index (κ3) is 4.87. The molecule has 1 aromatic carbocycles. The van der Waals surface area contributed by atoms with E-state index in [2.05, 4.69) is 22.2 Å². The quantitative estimate of drug-likeness (QED) is 0.288. The van der Waals surface area contributed by atoms with Crippen LogP contribution < -0.4 is 10.9 Å². The summed E-state index contributed by atoms with van der Waals surface area (Å²) in [6.07, 6.45) is 5.96. The second-order valence-electron chi connectivity index (χ2n) is 11.0. The molecule has 0 bridgehead atoms. The molecule has 6 rings (SSSR count). The van der Waals surface area contributed by atoms with Crippen molar-refractivity contribution in [2.75, 3.05) is 11.1 Å². The van der Waals surface area contributed by atoms with Gasteiger partial charge in [-0.3, -0.25) is 9.36 Å². The van der Waals surface area contributed by atoms with Gasteiger partial charge in [0.15, 0.2) is 17.3 Å². The van der Waals surface area contributed by atoms with E-state index in [1.165, 1.54) is 0 Å². The summed E-state index contributed by atoms with van der Waals surface area (Å²) in [6.45, 7) is 8.05. The van der Waals surface area contributed by atoms with Crippen molar-refractivity contribution < 1.29 is 4.21 Å². The summed E-state index contributed by atoms with van der Waals surface area (Å²) < 4.78 is 22.2. The van der Waals surface area contributed by atoms with Crippen LogP contribution in [-0.4, -0.2) is 39.4 Å². The summed E-state index contributed by atoms with van der Waals surface area (Å²) in [7, 11) is -2.77. The zero-order chi connectivity index (χ0) is 28.2. The summed E-state index contributed by atoms with van der Waals surface area (Å²) in [6, 6.07) is 7.08. The molecular weight excluding hydrogens is 524 g/mol. The minimum atomic E-state index is -2.77. The fraction of sp³-hybridized carbons (Fsp3) is 0.448. The van der Waals surface area contributed by atoms with E-state index in [4.69, 9.17) is 19.7 Å². The standard InChI is InChI=1S/C29H34N8O2S/c1-5-40(30,39)22-12-6-19(7-13-22)14-31-27-29(38)37(18(4)20-8-9-20)28-24(35-27)17(3)34-26(36-28)23-16(2)32-15-33-25(23)21-10-11-21/h6-7,12-13,15,18,20-21,30H,5,8-11,14H2,1-4H3,(H,31,35)/t18-,40?/m0/s1. The molecule has 0 radical (unpaired) electrons. The van der Waals surface area contributed by atoms with E-state index < -0.39 is 9.73 Å². The monoisotopic (exact) mass is 558 g/mol. The first-order valence-electron chi connectivity index (χ1n) is 13.9. The highest BCUT2D eigenvalue weighted by molar-refractivity contribution is 7.92. The van der Waals surface area contributed by atoms with Crippen LogP contribution in [0.1, 0.15) is 74.1 Å². The molecule has 40 heavy (non-hydrogen) atoms. The minimum absolute atomic E-state index is 0.0322. The molecule has 4 aromatic rings. The van der Waals surface area contributed by atoms with Gasteiger partial charge in [0.2, 0.25) is 0 Å². The third-order valence-electron chi connectivity index (χ3n) is 8.05. The molecule has 1 unspecified atom stereocenters. The molecule has 2 atom stereocenters. The van der Waals surface area contributed by atoms with Crippen LogP contribution >= 0.6 is 0 Å². The Hall–Kier alpha value is -3.73. The number of nitrogens with one attached hydrogen (secondary N) is 2. The van der Waals surface area contributed by atoms with E-state index in [0.29, 0.717) is 46.0 Å². The van der Waals surface area contributed by atoms with Gasteiger partial charge in [-0.1, -0.05) is 19.1 Å². The van der Waals surface area contributed by atoms with Crippen molar-refractivity contribution in [1.82, 2.24) is 29.5 Å². The van der Waals surface area contributed by atoms with Crippen molar-refractivity contribution in [1.29, 1.82) is 4.78 Å². The first-order chi connectivity index (χ1) is 19.2. The van der Waals surface area contributed by atoms with Crippen molar-refractivity contribution in [3.05, 3.63) is 63.6 Å². The molecule has 0 saturated heterocycles. The highest BCUT2D eigenvalue weighted by Gasteiger charge is 2.33. The Kier molecular flexibility index (Phi) is 6.64. The molecule has 2 N–H and O–H groups in total. The Balaban J connectivity index is 1.42. The van der Waals surface area contributed by atoms with Crippen molar-refractivity contribution >= 4 is 26.7 Å². The smallest absolute Gasteiger partial charge is 0.295 e. The number of benzene rings is 1. The van der Waals surface area contributed by atoms with Crippen LogP contribution in [0.15, 0.2) is 40.3 Å². The molecular formula is C29H34N8O2S. The van der Waals surface area contributed by atoms with Crippen LogP contribution in [0.3, 0.4) is 0 Å². The van der Waals surface area contributed by atoms with Crippen molar-refractivity contribution in [3.8, 4) is 11.4 Å². The van der Waals surface area contributed by atoms with Crippen LogP contribution in [0, 0.1) is 24.5 Å². The first kappa shape index (κ1) is 26.5. The molecule has 2 saturated carbocycles. The maximum absolute atomic E-state index is 13.9. The lowest BCUT2D eigenvalue weighted by molar-refractivity contribution is 0.482. The van der Waals surface area contributed by atoms with Gasteiger partial charge in [0.05, 0.1) is 32.4 Å². The number of aryl methyl sites for hydroxylation is 2. The summed E-state index contributed by atoms with van der Waals surface area (Å²) in [5.41, 5.74) is 5.18. The topological polar surface area (TPSA) is 139 Å². The lowest BCUT2D eigenvalue weighted by Crippen LogP contribution is -2.29. The highest BCUT2D eigenvalue weighted by Crippen LogP contribution is 2.44. The van der Waals surface area contributed by atoms with Gasteiger partial charge in [0.25, 0.3) is 5.56 Å². The summed E-state index contributed by atoms with van der Waals surface area (Å²) in [4.78, 5) is 38.0. The van der Waals surface area contributed by atoms with Crippen molar-refractivity contribution in [2.24, 2.45) is 5.92 Å². The lowest BCUT2D eigenvalue weighted by atomic mass is 10.1. The van der Waals surface area contributed by atoms with E-state index in [9.17, 15) is 9.00 Å². The van der Waals surface area contributed by atoms with E-state index in [-0.39, 0.29) is 23.2 Å². The second-order valence-corrected chi connectivity index (χ2v) is 13.4. The number of nitrogens with zero attached hydrogens (tertiary/aromatic N) is 6. The first-order valence-corrected chi connectivity index (χ1v) is 15.6. The number of rotatable bonds is 9. The second kappa shape index (κ2) is 10.0. The predicted octanol–water partition coefficient (Wildman–Crippen LogP) is 5.15. The van der Waals surface area contributed by atoms with Gasteiger partial charge in [-0.05, 0) is 70.1 Å². The lowest BCUT2D eigenvalue weighted by Gasteiger charge is -2.20. The van der Waals surface area contributed by atoms with Crippen LogP contribution in [-0.2, 0) is 16.3 Å². The largest absolute Gasteiger partial charge is 0.361 e. The number of fused-ring (bicyclic) bond motifs is 1. The molecule has 11 heteroatoms. The number of hydrogen-bond donors (Lipinski definition) is 2. The molecule has 2 fully saturated rings. The van der Waals surface area contributed by atoms with Crippen LogP contribution in [0.4, 0.5) is 5.82 Å². The average molecular weight is 559 g/mol. The molecule has 2 aliphatic rings. The van der Waals surface area contributed by atoms with Crippen LogP contribution in [0.5, 0.6) is 0 Å². The zero-order valence-electron chi connectivity index (χ0n) is 23.3. The Bertz CT molecular complexity index is 1780. The molecule has 208 valence electrons. The van der Waals surface area contributed by atoms with Crippen molar-refractivity contribution in [2.45, 2.75) is 76.8 Å². The highest BCUT2D eigenvalue weighted by atomic mass is 32.2. The number of hydrogen-bond acceptors (Lipinski definition) is 9. The van der Waals surface area contributed by atoms with Crippen molar-refractivity contribution in [3.63, 3.8) is 0 Å².